The maximum absolute atomic E-state index is 13.3. The van der Waals surface area contributed by atoms with Crippen molar-refractivity contribution in [1.82, 2.24) is 9.88 Å². The number of piperidine rings is 1. The first-order valence-electron chi connectivity index (χ1n) is 13.3. The predicted molar refractivity (Wildman–Crippen MR) is 141 cm³/mol. The van der Waals surface area contributed by atoms with Crippen molar-refractivity contribution in [3.05, 3.63) is 53.7 Å². The van der Waals surface area contributed by atoms with Crippen LogP contribution in [-0.2, 0) is 0 Å². The molecule has 0 spiro atoms. The number of aromatic hydroxyl groups is 1. The van der Waals surface area contributed by atoms with Crippen molar-refractivity contribution in [2.75, 3.05) is 37.6 Å². The molecule has 3 heterocycles. The van der Waals surface area contributed by atoms with Gasteiger partial charge in [-0.25, -0.2) is 0 Å². The zero-order valence-corrected chi connectivity index (χ0v) is 20.7. The lowest BCUT2D eigenvalue weighted by molar-refractivity contribution is 0.0968. The Morgan fingerprint density at radius 1 is 0.971 bits per heavy atom. The van der Waals surface area contributed by atoms with Gasteiger partial charge in [-0.05, 0) is 105 Å². The first kappa shape index (κ1) is 22.5. The maximum Gasteiger partial charge on any atom is 0.169 e. The fourth-order valence-corrected chi connectivity index (χ4v) is 5.95. The van der Waals surface area contributed by atoms with Gasteiger partial charge >= 0.3 is 0 Å². The zero-order valence-electron chi connectivity index (χ0n) is 20.7. The highest BCUT2D eigenvalue weighted by atomic mass is 16.3. The van der Waals surface area contributed by atoms with Crippen molar-refractivity contribution in [1.29, 1.82) is 0 Å². The van der Waals surface area contributed by atoms with Crippen molar-refractivity contribution >= 4 is 22.4 Å². The van der Waals surface area contributed by atoms with Gasteiger partial charge in [-0.1, -0.05) is 12.1 Å². The minimum Gasteiger partial charge on any atom is -0.508 e. The highest BCUT2D eigenvalue weighted by Crippen LogP contribution is 2.40. The van der Waals surface area contributed by atoms with Gasteiger partial charge in [-0.3, -0.25) is 9.78 Å². The minimum absolute atomic E-state index is 0.170. The molecule has 35 heavy (non-hydrogen) atoms. The van der Waals surface area contributed by atoms with E-state index in [0.717, 1.165) is 70.7 Å². The molecule has 0 atom stereocenters. The number of nitrogens with zero attached hydrogens (tertiary/aromatic N) is 3. The molecule has 0 bridgehead atoms. The molecule has 3 aliphatic rings. The van der Waals surface area contributed by atoms with Crippen LogP contribution in [0, 0.1) is 18.8 Å². The van der Waals surface area contributed by atoms with E-state index < -0.39 is 0 Å². The van der Waals surface area contributed by atoms with E-state index in [9.17, 15) is 9.90 Å². The van der Waals surface area contributed by atoms with Crippen LogP contribution in [0.1, 0.15) is 54.4 Å². The van der Waals surface area contributed by atoms with Crippen LogP contribution in [0.2, 0.25) is 0 Å². The standard InChI is InChI=1S/C30H35N3O2/c1-20-16-23(7-9-28(20)34)24-6-8-27-25(17-24)29(26(18-31-27)30(35)22-4-5-22)33-14-10-21(11-15-33)19-32-12-2-3-13-32/h6-9,16-18,21-22,34H,2-5,10-15,19H2,1H3. The monoisotopic (exact) mass is 469 g/mol. The van der Waals surface area contributed by atoms with E-state index in [1.807, 2.05) is 25.3 Å². The van der Waals surface area contributed by atoms with Crippen LogP contribution in [0.15, 0.2) is 42.6 Å². The van der Waals surface area contributed by atoms with Crippen LogP contribution in [0.5, 0.6) is 5.75 Å². The molecule has 1 saturated carbocycles. The van der Waals surface area contributed by atoms with E-state index in [2.05, 4.69) is 28.0 Å². The second-order valence-electron chi connectivity index (χ2n) is 10.8. The molecule has 3 aromatic rings. The van der Waals surface area contributed by atoms with Gasteiger partial charge in [0, 0.05) is 37.1 Å². The maximum atomic E-state index is 13.3. The van der Waals surface area contributed by atoms with Crippen LogP contribution in [0.3, 0.4) is 0 Å². The Hall–Kier alpha value is -2.92. The number of Topliss-reactive ketones (excluding diaryl/α,β-unsaturated/α-hetero) is 1. The summed E-state index contributed by atoms with van der Waals surface area (Å²) in [6.45, 7) is 7.65. The Morgan fingerprint density at radius 3 is 2.40 bits per heavy atom. The molecular formula is C30H35N3O2. The van der Waals surface area contributed by atoms with Crippen LogP contribution in [0.25, 0.3) is 22.0 Å². The number of benzene rings is 2. The molecule has 0 radical (unpaired) electrons. The van der Waals surface area contributed by atoms with Gasteiger partial charge in [0.1, 0.15) is 5.75 Å². The fraction of sp³-hybridized carbons (Fsp3) is 0.467. The summed E-state index contributed by atoms with van der Waals surface area (Å²) in [5.74, 6) is 1.49. The van der Waals surface area contributed by atoms with Crippen molar-refractivity contribution in [2.24, 2.45) is 11.8 Å². The number of phenols is 1. The number of ketones is 1. The Balaban J connectivity index is 1.36. The van der Waals surface area contributed by atoms with E-state index in [0.29, 0.717) is 5.75 Å². The molecule has 0 amide bonds. The third-order valence-corrected chi connectivity index (χ3v) is 8.23. The van der Waals surface area contributed by atoms with Crippen molar-refractivity contribution in [2.45, 2.75) is 45.4 Å². The average Bonchev–Trinajstić information content (AvgIpc) is 3.61. The van der Waals surface area contributed by atoms with E-state index in [-0.39, 0.29) is 11.7 Å². The molecule has 1 aromatic heterocycles. The van der Waals surface area contributed by atoms with E-state index in [1.165, 1.54) is 45.3 Å². The third-order valence-electron chi connectivity index (χ3n) is 8.23. The van der Waals surface area contributed by atoms with Crippen molar-refractivity contribution < 1.29 is 9.90 Å². The van der Waals surface area contributed by atoms with E-state index in [4.69, 9.17) is 4.98 Å². The van der Waals surface area contributed by atoms with Gasteiger partial charge in [-0.15, -0.1) is 0 Å². The largest absolute Gasteiger partial charge is 0.508 e. The lowest BCUT2D eigenvalue weighted by Crippen LogP contribution is -2.39. The lowest BCUT2D eigenvalue weighted by Gasteiger charge is -2.36. The zero-order chi connectivity index (χ0) is 23.9. The molecule has 3 fully saturated rings. The first-order valence-corrected chi connectivity index (χ1v) is 13.3. The van der Waals surface area contributed by atoms with Gasteiger partial charge in [-0.2, -0.15) is 0 Å². The number of likely N-dealkylation sites (tertiary alicyclic amines) is 1. The number of carbonyl (C=O) groups excluding carboxylic acids is 1. The van der Waals surface area contributed by atoms with Gasteiger partial charge in [0.2, 0.25) is 0 Å². The molecule has 5 heteroatoms. The highest BCUT2D eigenvalue weighted by Gasteiger charge is 2.34. The summed E-state index contributed by atoms with van der Waals surface area (Å²) in [6, 6.07) is 12.1. The highest BCUT2D eigenvalue weighted by molar-refractivity contribution is 6.10. The van der Waals surface area contributed by atoms with Crippen molar-refractivity contribution in [3.63, 3.8) is 0 Å². The smallest absolute Gasteiger partial charge is 0.169 e. The lowest BCUT2D eigenvalue weighted by atomic mass is 9.93. The topological polar surface area (TPSA) is 56.7 Å². The minimum atomic E-state index is 0.170. The summed E-state index contributed by atoms with van der Waals surface area (Å²) in [4.78, 5) is 23.2. The van der Waals surface area contributed by atoms with E-state index in [1.54, 1.807) is 6.07 Å². The quantitative estimate of drug-likeness (QED) is 0.461. The number of phenolic OH excluding ortho intramolecular Hbond substituents is 1. The van der Waals surface area contributed by atoms with Crippen LogP contribution in [0.4, 0.5) is 5.69 Å². The molecule has 2 aromatic carbocycles. The van der Waals surface area contributed by atoms with Crippen LogP contribution < -0.4 is 4.90 Å². The summed E-state index contributed by atoms with van der Waals surface area (Å²) < 4.78 is 0. The number of rotatable bonds is 6. The Kier molecular flexibility index (Phi) is 5.97. The Bertz CT molecular complexity index is 1250. The summed E-state index contributed by atoms with van der Waals surface area (Å²) in [5, 5.41) is 11.1. The SMILES string of the molecule is Cc1cc(-c2ccc3ncc(C(=O)C4CC4)c(N4CCC(CN5CCCC5)CC4)c3c2)ccc1O. The Morgan fingerprint density at radius 2 is 1.69 bits per heavy atom. The summed E-state index contributed by atoms with van der Waals surface area (Å²) in [6.07, 6.45) is 8.87. The summed E-state index contributed by atoms with van der Waals surface area (Å²) >= 11 is 0. The average molecular weight is 470 g/mol. The molecule has 182 valence electrons. The number of hydrogen-bond acceptors (Lipinski definition) is 5. The summed E-state index contributed by atoms with van der Waals surface area (Å²) in [5.41, 5.74) is 5.84. The number of aromatic nitrogens is 1. The number of pyridine rings is 1. The number of anilines is 1. The van der Waals surface area contributed by atoms with Gasteiger partial charge in [0.15, 0.2) is 5.78 Å². The third kappa shape index (κ3) is 4.54. The molecule has 2 aliphatic heterocycles. The molecule has 5 nitrogen and oxygen atoms in total. The number of fused-ring (bicyclic) bond motifs is 1. The van der Waals surface area contributed by atoms with E-state index >= 15 is 0 Å². The first-order chi connectivity index (χ1) is 17.1. The molecule has 2 saturated heterocycles. The van der Waals surface area contributed by atoms with Crippen molar-refractivity contribution in [3.8, 4) is 16.9 Å². The van der Waals surface area contributed by atoms with Gasteiger partial charge in [0.05, 0.1) is 16.8 Å². The van der Waals surface area contributed by atoms with Crippen LogP contribution in [-0.4, -0.2) is 53.5 Å². The van der Waals surface area contributed by atoms with Gasteiger partial charge in [0.25, 0.3) is 0 Å². The van der Waals surface area contributed by atoms with Gasteiger partial charge < -0.3 is 14.9 Å². The molecule has 6 rings (SSSR count). The number of hydrogen-bond donors (Lipinski definition) is 1. The fourth-order valence-electron chi connectivity index (χ4n) is 5.95. The molecule has 1 N–H and O–H groups in total. The predicted octanol–water partition coefficient (Wildman–Crippen LogP) is 5.82. The summed E-state index contributed by atoms with van der Waals surface area (Å²) in [7, 11) is 0. The molecule has 0 unspecified atom stereocenters. The Labute approximate surface area is 207 Å². The molecular weight excluding hydrogens is 434 g/mol. The number of aryl methyl sites for hydroxylation is 1. The normalized spacial score (nSPS) is 19.5. The number of carbonyl (C=O) groups is 1. The second-order valence-corrected chi connectivity index (χ2v) is 10.8. The second kappa shape index (κ2) is 9.27. The molecule has 1 aliphatic carbocycles. The van der Waals surface area contributed by atoms with Crippen LogP contribution >= 0.6 is 0 Å².